The van der Waals surface area contributed by atoms with Gasteiger partial charge in [-0.1, -0.05) is 20.3 Å². The molecule has 5 nitrogen and oxygen atoms in total. The van der Waals surface area contributed by atoms with Crippen LogP contribution in [0.5, 0.6) is 0 Å². The minimum Gasteiger partial charge on any atom is -0.480 e. The molecule has 0 radical (unpaired) electrons. The Balaban J connectivity index is 2.09. The Kier molecular flexibility index (Phi) is 5.02. The van der Waals surface area contributed by atoms with Gasteiger partial charge in [-0.3, -0.25) is 4.79 Å². The summed E-state index contributed by atoms with van der Waals surface area (Å²) in [6, 6.07) is -0.653. The minimum atomic E-state index is -0.872. The number of ether oxygens (including phenoxy) is 1. The van der Waals surface area contributed by atoms with E-state index in [1.807, 2.05) is 6.92 Å². The van der Waals surface area contributed by atoms with E-state index in [2.05, 4.69) is 6.92 Å². The van der Waals surface area contributed by atoms with Crippen molar-refractivity contribution in [1.29, 1.82) is 0 Å². The first-order valence-corrected chi connectivity index (χ1v) is 7.73. The maximum absolute atomic E-state index is 12.7. The summed E-state index contributed by atoms with van der Waals surface area (Å²) in [6.07, 6.45) is 3.96. The molecule has 0 spiro atoms. The third-order valence-electron chi connectivity index (χ3n) is 4.79. The van der Waals surface area contributed by atoms with Crippen LogP contribution < -0.4 is 0 Å². The molecule has 2 rings (SSSR count). The standard InChI is InChI=1S/C15H25NO4/c1-3-10-5-7-16(12(9-10)15(18)19)14(17)11-6-8-20-13(11)4-2/h10-13H,3-9H2,1-2H3,(H,18,19). The first kappa shape index (κ1) is 15.3. The molecule has 1 amide bonds. The van der Waals surface area contributed by atoms with Crippen LogP contribution in [0.4, 0.5) is 0 Å². The van der Waals surface area contributed by atoms with Crippen LogP contribution in [0.25, 0.3) is 0 Å². The quantitative estimate of drug-likeness (QED) is 0.855. The molecule has 0 saturated carbocycles. The van der Waals surface area contributed by atoms with Gasteiger partial charge < -0.3 is 14.7 Å². The number of nitrogens with zero attached hydrogens (tertiary/aromatic N) is 1. The van der Waals surface area contributed by atoms with E-state index in [1.54, 1.807) is 4.90 Å². The second kappa shape index (κ2) is 6.57. The molecule has 1 N–H and O–H groups in total. The van der Waals surface area contributed by atoms with Crippen LogP contribution in [0.15, 0.2) is 0 Å². The van der Waals surface area contributed by atoms with Gasteiger partial charge in [-0.15, -0.1) is 0 Å². The van der Waals surface area contributed by atoms with Crippen LogP contribution >= 0.6 is 0 Å². The first-order chi connectivity index (χ1) is 9.58. The van der Waals surface area contributed by atoms with Crippen LogP contribution in [0.3, 0.4) is 0 Å². The maximum Gasteiger partial charge on any atom is 0.326 e. The fourth-order valence-electron chi connectivity index (χ4n) is 3.45. The van der Waals surface area contributed by atoms with Gasteiger partial charge in [-0.05, 0) is 31.6 Å². The molecular formula is C15H25NO4. The molecule has 4 unspecified atom stereocenters. The smallest absolute Gasteiger partial charge is 0.326 e. The van der Waals surface area contributed by atoms with E-state index >= 15 is 0 Å². The van der Waals surface area contributed by atoms with E-state index in [1.165, 1.54) is 0 Å². The van der Waals surface area contributed by atoms with Gasteiger partial charge in [0.2, 0.25) is 5.91 Å². The molecule has 2 aliphatic heterocycles. The fourth-order valence-corrected chi connectivity index (χ4v) is 3.45. The van der Waals surface area contributed by atoms with Gasteiger partial charge in [0.25, 0.3) is 0 Å². The van der Waals surface area contributed by atoms with E-state index in [-0.39, 0.29) is 17.9 Å². The predicted octanol–water partition coefficient (Wildman–Crippen LogP) is 1.90. The van der Waals surface area contributed by atoms with Gasteiger partial charge in [0, 0.05) is 13.2 Å². The number of piperidine rings is 1. The molecule has 2 fully saturated rings. The van der Waals surface area contributed by atoms with E-state index < -0.39 is 12.0 Å². The summed E-state index contributed by atoms with van der Waals surface area (Å²) < 4.78 is 5.57. The number of carbonyl (C=O) groups is 2. The second-order valence-electron chi connectivity index (χ2n) is 5.90. The molecule has 0 aromatic heterocycles. The summed E-state index contributed by atoms with van der Waals surface area (Å²) in [4.78, 5) is 25.7. The number of aliphatic carboxylic acids is 1. The van der Waals surface area contributed by atoms with Crippen molar-refractivity contribution < 1.29 is 19.4 Å². The lowest BCUT2D eigenvalue weighted by Gasteiger charge is -2.38. The van der Waals surface area contributed by atoms with Gasteiger partial charge in [0.1, 0.15) is 6.04 Å². The van der Waals surface area contributed by atoms with Crippen molar-refractivity contribution in [1.82, 2.24) is 4.90 Å². The summed E-state index contributed by atoms with van der Waals surface area (Å²) in [5.41, 5.74) is 0. The lowest BCUT2D eigenvalue weighted by atomic mass is 9.87. The van der Waals surface area contributed by atoms with Gasteiger partial charge in [-0.2, -0.15) is 0 Å². The Morgan fingerprint density at radius 3 is 2.60 bits per heavy atom. The van der Waals surface area contributed by atoms with Crippen molar-refractivity contribution in [2.45, 2.75) is 58.1 Å². The molecule has 114 valence electrons. The van der Waals surface area contributed by atoms with Gasteiger partial charge in [0.15, 0.2) is 0 Å². The monoisotopic (exact) mass is 283 g/mol. The predicted molar refractivity (Wildman–Crippen MR) is 74.3 cm³/mol. The molecule has 2 aliphatic rings. The lowest BCUT2D eigenvalue weighted by molar-refractivity contribution is -0.156. The minimum absolute atomic E-state index is 0.0173. The lowest BCUT2D eigenvalue weighted by Crippen LogP contribution is -2.52. The molecule has 4 atom stereocenters. The fraction of sp³-hybridized carbons (Fsp3) is 0.867. The number of likely N-dealkylation sites (tertiary alicyclic amines) is 1. The number of rotatable bonds is 4. The largest absolute Gasteiger partial charge is 0.480 e. The van der Waals surface area contributed by atoms with Crippen molar-refractivity contribution in [3.05, 3.63) is 0 Å². The van der Waals surface area contributed by atoms with Crippen molar-refractivity contribution >= 4 is 11.9 Å². The molecule has 0 aromatic carbocycles. The average Bonchev–Trinajstić information content (AvgIpc) is 2.94. The summed E-state index contributed by atoms with van der Waals surface area (Å²) in [5.74, 6) is -0.623. The zero-order valence-electron chi connectivity index (χ0n) is 12.4. The van der Waals surface area contributed by atoms with Crippen molar-refractivity contribution in [3.8, 4) is 0 Å². The van der Waals surface area contributed by atoms with Gasteiger partial charge in [0.05, 0.1) is 12.0 Å². The van der Waals surface area contributed by atoms with Crippen molar-refractivity contribution in [2.75, 3.05) is 13.2 Å². The Hall–Kier alpha value is -1.10. The Morgan fingerprint density at radius 2 is 2.00 bits per heavy atom. The highest BCUT2D eigenvalue weighted by molar-refractivity contribution is 5.85. The summed E-state index contributed by atoms with van der Waals surface area (Å²) in [7, 11) is 0. The highest BCUT2D eigenvalue weighted by atomic mass is 16.5. The highest BCUT2D eigenvalue weighted by Gasteiger charge is 2.41. The van der Waals surface area contributed by atoms with Crippen LogP contribution in [0.1, 0.15) is 46.0 Å². The van der Waals surface area contributed by atoms with E-state index in [9.17, 15) is 14.7 Å². The molecule has 0 bridgehead atoms. The maximum atomic E-state index is 12.7. The summed E-state index contributed by atoms with van der Waals surface area (Å²) in [6.45, 7) is 5.27. The molecule has 0 aliphatic carbocycles. The number of carboxylic acid groups (broad SMARTS) is 1. The van der Waals surface area contributed by atoms with Crippen LogP contribution in [-0.4, -0.2) is 47.2 Å². The zero-order valence-corrected chi connectivity index (χ0v) is 12.4. The average molecular weight is 283 g/mol. The molecular weight excluding hydrogens is 258 g/mol. The van der Waals surface area contributed by atoms with E-state index in [4.69, 9.17) is 4.74 Å². The molecule has 5 heteroatoms. The third-order valence-corrected chi connectivity index (χ3v) is 4.79. The Bertz CT molecular complexity index is 371. The first-order valence-electron chi connectivity index (χ1n) is 7.73. The van der Waals surface area contributed by atoms with E-state index in [0.717, 1.165) is 25.7 Å². The van der Waals surface area contributed by atoms with E-state index in [0.29, 0.717) is 25.5 Å². The van der Waals surface area contributed by atoms with Crippen LogP contribution in [0, 0.1) is 11.8 Å². The molecule has 0 aromatic rings. The number of carbonyl (C=O) groups excluding carboxylic acids is 1. The highest BCUT2D eigenvalue weighted by Crippen LogP contribution is 2.31. The zero-order chi connectivity index (χ0) is 14.7. The molecule has 2 heterocycles. The Labute approximate surface area is 120 Å². The van der Waals surface area contributed by atoms with Crippen LogP contribution in [-0.2, 0) is 14.3 Å². The SMILES string of the molecule is CCC1CCN(C(=O)C2CCOC2CC)C(C(=O)O)C1. The molecule has 2 saturated heterocycles. The van der Waals surface area contributed by atoms with Crippen molar-refractivity contribution in [2.24, 2.45) is 11.8 Å². The Morgan fingerprint density at radius 1 is 1.25 bits per heavy atom. The van der Waals surface area contributed by atoms with Gasteiger partial charge >= 0.3 is 5.97 Å². The number of carboxylic acids is 1. The summed E-state index contributed by atoms with van der Waals surface area (Å²) >= 11 is 0. The third kappa shape index (κ3) is 2.97. The van der Waals surface area contributed by atoms with Gasteiger partial charge in [-0.25, -0.2) is 4.79 Å². The summed E-state index contributed by atoms with van der Waals surface area (Å²) in [5, 5.41) is 9.41. The second-order valence-corrected chi connectivity index (χ2v) is 5.90. The number of amides is 1. The van der Waals surface area contributed by atoms with Crippen molar-refractivity contribution in [3.63, 3.8) is 0 Å². The number of hydrogen-bond acceptors (Lipinski definition) is 3. The normalized spacial score (nSPS) is 34.2. The topological polar surface area (TPSA) is 66.8 Å². The van der Waals surface area contributed by atoms with Crippen LogP contribution in [0.2, 0.25) is 0 Å². The number of hydrogen-bond donors (Lipinski definition) is 1. The molecule has 20 heavy (non-hydrogen) atoms.